The molecule has 4 aliphatic carbocycles. The second kappa shape index (κ2) is 31.6. The van der Waals surface area contributed by atoms with Crippen molar-refractivity contribution >= 4 is 91.8 Å². The minimum atomic E-state index is -1.98. The molecule has 0 radical (unpaired) electrons. The number of carboxylic acids is 2. The fourth-order valence-electron chi connectivity index (χ4n) is 17.1. The maximum Gasteiger partial charge on any atom is 0.410 e. The van der Waals surface area contributed by atoms with Gasteiger partial charge in [0.1, 0.15) is 42.2 Å². The Kier molecular flexibility index (Phi) is 22.5. The lowest BCUT2D eigenvalue weighted by Gasteiger charge is -2.69. The number of para-hydroxylation sites is 1. The Morgan fingerprint density at radius 3 is 2.28 bits per heavy atom. The molecule has 29 nitrogen and oxygen atoms in total. The van der Waals surface area contributed by atoms with Crippen LogP contribution in [0.25, 0.3) is 27.4 Å². The number of aliphatic hydroxyl groups excluding tert-OH is 3. The number of anilines is 3. The predicted molar refractivity (Wildman–Crippen MR) is 383 cm³/mol. The number of hydrogen-bond donors (Lipinski definition) is 8. The molecule has 5 fully saturated rings. The van der Waals surface area contributed by atoms with E-state index in [1.807, 2.05) is 46.8 Å². The molecule has 6 heterocycles. The molecule has 3 aliphatic heterocycles. The zero-order valence-electron chi connectivity index (χ0n) is 59.2. The third-order valence-electron chi connectivity index (χ3n) is 20.7. The van der Waals surface area contributed by atoms with E-state index in [1.54, 1.807) is 49.7 Å². The number of aliphatic carboxylic acids is 1. The van der Waals surface area contributed by atoms with Gasteiger partial charge in [-0.3, -0.25) is 38.9 Å². The van der Waals surface area contributed by atoms with Crippen molar-refractivity contribution in [1.82, 2.24) is 34.9 Å². The van der Waals surface area contributed by atoms with Crippen LogP contribution in [0.4, 0.5) is 21.4 Å². The van der Waals surface area contributed by atoms with E-state index in [1.165, 1.54) is 47.6 Å². The molecule has 7 atom stereocenters. The van der Waals surface area contributed by atoms with Crippen LogP contribution in [0.5, 0.6) is 11.5 Å². The van der Waals surface area contributed by atoms with Crippen LogP contribution >= 0.6 is 11.3 Å². The molecule has 0 spiro atoms. The number of amides is 6. The summed E-state index contributed by atoms with van der Waals surface area (Å²) in [5, 5.41) is 65.8. The van der Waals surface area contributed by atoms with Crippen molar-refractivity contribution < 1.29 is 92.3 Å². The Morgan fingerprint density at radius 1 is 0.790 bits per heavy atom. The summed E-state index contributed by atoms with van der Waals surface area (Å²) >= 11 is 1.39. The summed E-state index contributed by atoms with van der Waals surface area (Å²) in [4.78, 5) is 117. The number of aromatic carboxylic acids is 1. The van der Waals surface area contributed by atoms with E-state index in [2.05, 4.69) is 34.8 Å². The van der Waals surface area contributed by atoms with Crippen molar-refractivity contribution in [3.63, 3.8) is 0 Å². The van der Waals surface area contributed by atoms with Gasteiger partial charge < -0.3 is 74.4 Å². The number of nitrogens with zero attached hydrogens (tertiary/aromatic N) is 7. The number of imide groups is 1. The van der Waals surface area contributed by atoms with Gasteiger partial charge in [-0.2, -0.15) is 5.10 Å². The summed E-state index contributed by atoms with van der Waals surface area (Å²) in [7, 11) is 3.13. The average molecular weight is 1470 g/mol. The second-order valence-electron chi connectivity index (χ2n) is 29.0. The minimum absolute atomic E-state index is 0.0153. The number of methoxy groups -OCH3 is 2. The summed E-state index contributed by atoms with van der Waals surface area (Å²) in [6.45, 7) is 8.82. The number of carboxylic acid groups (broad SMARTS) is 2. The SMILES string of the molecule is COCCN(CCOC12CC3(C)CC(C)(CC(Cn4ncc(-c5ccc(N6CCc7c(OC)ccc(C(=O)Nc8nc9ccccc9s8)c7C6)nc5C(=O)O)c4C)(C3)C1)C2)C(=O)OCC=Cc1ccc(O[C@@H]2O[C@H](C(=O)O)[C@@H](O)[C@H](O)[C@H]2O)c(NC(=O)CCNC(=O)CCCCCN2C(=O)C=CC2=O)c1. The largest absolute Gasteiger partial charge is 0.496 e. The number of aromatic nitrogens is 4. The number of carbonyl (C=O) groups excluding carboxylic acids is 6. The highest BCUT2D eigenvalue weighted by Gasteiger charge is 2.66. The van der Waals surface area contributed by atoms with Crippen LogP contribution in [0.15, 0.2) is 91.2 Å². The monoisotopic (exact) mass is 1460 g/mol. The Labute approximate surface area is 609 Å². The maximum absolute atomic E-state index is 14.0. The van der Waals surface area contributed by atoms with Gasteiger partial charge in [0.25, 0.3) is 17.7 Å². The van der Waals surface area contributed by atoms with Gasteiger partial charge >= 0.3 is 18.0 Å². The molecule has 8 N–H and O–H groups in total. The van der Waals surface area contributed by atoms with Gasteiger partial charge in [-0.1, -0.05) is 55.9 Å². The van der Waals surface area contributed by atoms with Gasteiger partial charge in [0, 0.05) is 106 Å². The summed E-state index contributed by atoms with van der Waals surface area (Å²) in [5.74, 6) is -3.79. The number of rotatable bonds is 31. The Bertz CT molecular complexity index is 4310. The molecule has 2 unspecified atom stereocenters. The van der Waals surface area contributed by atoms with Crippen molar-refractivity contribution in [1.29, 1.82) is 0 Å². The van der Waals surface area contributed by atoms with E-state index in [0.717, 1.165) is 70.5 Å². The number of aliphatic hydroxyl groups is 3. The quantitative estimate of drug-likeness (QED) is 0.0154. The van der Waals surface area contributed by atoms with Gasteiger partial charge in [-0.05, 0) is 147 Å². The van der Waals surface area contributed by atoms with Crippen LogP contribution in [-0.2, 0) is 62.4 Å². The number of pyridine rings is 1. The molecule has 1 saturated heterocycles. The number of carbonyl (C=O) groups is 8. The molecule has 13 rings (SSSR count). The van der Waals surface area contributed by atoms with Crippen LogP contribution in [0.2, 0.25) is 0 Å². The molecule has 105 heavy (non-hydrogen) atoms. The molecular weight excluding hydrogens is 1380 g/mol. The van der Waals surface area contributed by atoms with Gasteiger partial charge in [0.05, 0.1) is 48.0 Å². The van der Waals surface area contributed by atoms with E-state index in [0.29, 0.717) is 77.7 Å². The van der Waals surface area contributed by atoms with Crippen molar-refractivity contribution in [2.45, 2.75) is 147 Å². The van der Waals surface area contributed by atoms with Gasteiger partial charge in [-0.15, -0.1) is 0 Å². The first-order valence-electron chi connectivity index (χ1n) is 35.2. The van der Waals surface area contributed by atoms with Crippen molar-refractivity contribution in [3.8, 4) is 22.6 Å². The third kappa shape index (κ3) is 16.9. The molecule has 6 aromatic rings. The molecule has 6 amide bonds. The van der Waals surface area contributed by atoms with Gasteiger partial charge in [-0.25, -0.2) is 24.4 Å². The van der Waals surface area contributed by atoms with Crippen LogP contribution in [0, 0.1) is 23.2 Å². The fourth-order valence-corrected chi connectivity index (χ4v) is 17.9. The molecule has 30 heteroatoms. The second-order valence-corrected chi connectivity index (χ2v) is 30.0. The maximum atomic E-state index is 14.0. The molecular formula is C75H88N10O19S. The molecule has 3 aromatic carbocycles. The molecule has 4 bridgehead atoms. The highest BCUT2D eigenvalue weighted by Crippen LogP contribution is 2.72. The number of hydrogen-bond acceptors (Lipinski definition) is 22. The zero-order valence-corrected chi connectivity index (χ0v) is 60.0. The van der Waals surface area contributed by atoms with Gasteiger partial charge in [0.15, 0.2) is 16.9 Å². The summed E-state index contributed by atoms with van der Waals surface area (Å²) in [5.41, 5.74) is 4.30. The first kappa shape index (κ1) is 75.0. The zero-order chi connectivity index (χ0) is 74.5. The lowest BCUT2D eigenvalue weighted by atomic mass is 9.39. The topological polar surface area (TPSA) is 382 Å². The predicted octanol–water partition coefficient (Wildman–Crippen LogP) is 7.52. The van der Waals surface area contributed by atoms with E-state index in [-0.39, 0.29) is 122 Å². The number of benzene rings is 3. The molecule has 558 valence electrons. The van der Waals surface area contributed by atoms with Crippen molar-refractivity contribution in [3.05, 3.63) is 125 Å². The number of fused-ring (bicyclic) bond motifs is 2. The lowest BCUT2D eigenvalue weighted by molar-refractivity contribution is -0.271. The lowest BCUT2D eigenvalue weighted by Crippen LogP contribution is -2.64. The Hall–Kier alpha value is -9.69. The van der Waals surface area contributed by atoms with E-state index in [9.17, 15) is 63.9 Å². The first-order valence-corrected chi connectivity index (χ1v) is 36.0. The molecule has 4 saturated carbocycles. The number of nitrogens with one attached hydrogen (secondary N) is 3. The summed E-state index contributed by atoms with van der Waals surface area (Å²) in [6, 6.07) is 19.3. The standard InChI is InChI=1S/C75H88N10O19S/c1-44-49(47-18-21-56(80-61(47)67(94)95)83-28-25-46-50(36-83)48(17-20-53(46)100-5)66(93)81-70-79-51-13-8-9-14-55(51)105-70)35-77-85(44)43-74-38-72(2)37-73(3,39-74)41-75(40-72,42-74)102-33-30-82(29-32-99-4)71(98)101-31-11-12-45-16-19-54(103-69-64(92)62(90)63(91)65(104-69)68(96)97)52(34-45)78-58(87)24-26-76-57(86)15-7-6-10-27-84-59(88)22-23-60(84)89/h8-9,11-14,16-23,34-35,62-65,69,90-92H,6-7,10,15,24-33,36-43H2,1-5H3,(H,76,86)(H,78,87)(H,94,95)(H,96,97)(H,79,81,93)/t62-,63-,64+,65-,69+,72?,73?,74?,75?/m0/s1. The highest BCUT2D eigenvalue weighted by atomic mass is 32.1. The summed E-state index contributed by atoms with van der Waals surface area (Å²) in [6.07, 6.45) is 4.45. The van der Waals surface area contributed by atoms with E-state index in [4.69, 9.17) is 38.5 Å². The van der Waals surface area contributed by atoms with Crippen LogP contribution in [0.1, 0.15) is 128 Å². The normalized spacial score (nSPS) is 24.5. The van der Waals surface area contributed by atoms with E-state index < -0.39 is 60.2 Å². The van der Waals surface area contributed by atoms with Crippen molar-refractivity contribution in [2.24, 2.45) is 16.2 Å². The van der Waals surface area contributed by atoms with Crippen LogP contribution in [-0.4, -0.2) is 206 Å². The van der Waals surface area contributed by atoms with Gasteiger partial charge in [0.2, 0.25) is 18.1 Å². The summed E-state index contributed by atoms with van der Waals surface area (Å²) < 4.78 is 38.2. The molecule has 3 aromatic heterocycles. The Morgan fingerprint density at radius 2 is 1.54 bits per heavy atom. The molecule has 7 aliphatic rings. The minimum Gasteiger partial charge on any atom is -0.496 e. The average Bonchev–Trinajstić information content (AvgIpc) is 1.14. The third-order valence-corrected chi connectivity index (χ3v) is 21.6. The van der Waals surface area contributed by atoms with Crippen LogP contribution < -0.4 is 30.3 Å². The fraction of sp³-hybridized carbons (Fsp3) is 0.480. The first-order chi connectivity index (χ1) is 50.3. The van der Waals surface area contributed by atoms with Crippen molar-refractivity contribution in [2.75, 3.05) is 82.3 Å². The number of unbranched alkanes of at least 4 members (excludes halogenated alkanes) is 2. The van der Waals surface area contributed by atoms with E-state index >= 15 is 0 Å². The number of thiazole rings is 1. The Balaban J connectivity index is 0.671. The smallest absolute Gasteiger partial charge is 0.410 e. The van der Waals surface area contributed by atoms with Crippen LogP contribution in [0.3, 0.4) is 0 Å². The number of ether oxygens (including phenoxy) is 6. The highest BCUT2D eigenvalue weighted by molar-refractivity contribution is 7.22.